The highest BCUT2D eigenvalue weighted by atomic mass is 79.9. The van der Waals surface area contributed by atoms with Crippen molar-refractivity contribution in [1.29, 1.82) is 0 Å². The molecule has 0 bridgehead atoms. The smallest absolute Gasteiger partial charge is 0.264 e. The predicted molar refractivity (Wildman–Crippen MR) is 147 cm³/mol. The van der Waals surface area contributed by atoms with E-state index < -0.39 is 10.0 Å². The van der Waals surface area contributed by atoms with Gasteiger partial charge in [0.1, 0.15) is 0 Å². The van der Waals surface area contributed by atoms with Crippen molar-refractivity contribution in [3.63, 3.8) is 0 Å². The molecular weight excluding hydrogens is 592 g/mol. The van der Waals surface area contributed by atoms with Gasteiger partial charge in [-0.05, 0) is 91.9 Å². The molecule has 1 aliphatic heterocycles. The lowest BCUT2D eigenvalue weighted by Crippen LogP contribution is -2.41. The van der Waals surface area contributed by atoms with Crippen LogP contribution in [0.3, 0.4) is 0 Å². The monoisotopic (exact) mass is 618 g/mol. The molecule has 0 aliphatic carbocycles. The lowest BCUT2D eigenvalue weighted by atomic mass is 9.93. The fourth-order valence-electron chi connectivity index (χ4n) is 4.76. The molecule has 8 heteroatoms. The number of carbonyl (C=O) groups is 1. The van der Waals surface area contributed by atoms with E-state index in [1.54, 1.807) is 24.3 Å². The van der Waals surface area contributed by atoms with Crippen LogP contribution in [0.4, 0.5) is 5.69 Å². The van der Waals surface area contributed by atoms with Crippen LogP contribution >= 0.6 is 31.9 Å². The number of benzene rings is 3. The van der Waals surface area contributed by atoms with Crippen LogP contribution in [0.1, 0.15) is 41.6 Å². The van der Waals surface area contributed by atoms with E-state index in [4.69, 9.17) is 0 Å². The Balaban J connectivity index is 1.62. The van der Waals surface area contributed by atoms with Crippen LogP contribution in [0.15, 0.2) is 74.5 Å². The Bertz CT molecular complexity index is 1340. The molecule has 3 aromatic rings. The van der Waals surface area contributed by atoms with E-state index >= 15 is 0 Å². The zero-order valence-electron chi connectivity index (χ0n) is 20.0. The second-order valence-electron chi connectivity index (χ2n) is 8.95. The zero-order chi connectivity index (χ0) is 25.3. The molecule has 0 saturated heterocycles. The first-order chi connectivity index (χ1) is 16.6. The highest BCUT2D eigenvalue weighted by Gasteiger charge is 2.31. The number of nitrogens with zero attached hydrogens (tertiary/aromatic N) is 2. The highest BCUT2D eigenvalue weighted by molar-refractivity contribution is 9.10. The van der Waals surface area contributed by atoms with Gasteiger partial charge in [-0.15, -0.1) is 0 Å². The van der Waals surface area contributed by atoms with E-state index in [2.05, 4.69) is 37.9 Å². The molecule has 4 rings (SSSR count). The molecule has 1 heterocycles. The van der Waals surface area contributed by atoms with Crippen LogP contribution in [0.25, 0.3) is 0 Å². The van der Waals surface area contributed by atoms with Gasteiger partial charge in [0.2, 0.25) is 5.91 Å². The summed E-state index contributed by atoms with van der Waals surface area (Å²) in [7, 11) is -3.87. The first-order valence-electron chi connectivity index (χ1n) is 11.5. The van der Waals surface area contributed by atoms with Crippen molar-refractivity contribution in [3.8, 4) is 0 Å². The largest absolute Gasteiger partial charge is 0.335 e. The summed E-state index contributed by atoms with van der Waals surface area (Å²) >= 11 is 7.00. The molecule has 0 spiro atoms. The first kappa shape index (κ1) is 25.9. The molecule has 0 fully saturated rings. The average Bonchev–Trinajstić information content (AvgIpc) is 2.79. The van der Waals surface area contributed by atoms with Gasteiger partial charge >= 0.3 is 0 Å². The summed E-state index contributed by atoms with van der Waals surface area (Å²) in [4.78, 5) is 15.4. The highest BCUT2D eigenvalue weighted by Crippen LogP contribution is 2.35. The molecule has 0 aromatic heterocycles. The summed E-state index contributed by atoms with van der Waals surface area (Å²) in [6.45, 7) is 6.59. The topological polar surface area (TPSA) is 57.7 Å². The number of sulfonamides is 1. The zero-order valence-corrected chi connectivity index (χ0v) is 24.0. The third kappa shape index (κ3) is 5.49. The fourth-order valence-corrected chi connectivity index (χ4v) is 7.21. The van der Waals surface area contributed by atoms with Crippen molar-refractivity contribution in [3.05, 3.63) is 91.9 Å². The molecule has 1 amide bonds. The summed E-state index contributed by atoms with van der Waals surface area (Å²) in [5, 5.41) is 0. The van der Waals surface area contributed by atoms with Crippen molar-refractivity contribution in [2.75, 3.05) is 17.4 Å². The lowest BCUT2D eigenvalue weighted by Gasteiger charge is -2.36. The van der Waals surface area contributed by atoms with Crippen molar-refractivity contribution in [2.45, 2.75) is 44.6 Å². The maximum atomic E-state index is 13.7. The molecular formula is C27H28Br2N2O3S. The average molecular weight is 620 g/mol. The third-order valence-electron chi connectivity index (χ3n) is 6.40. The molecule has 0 N–H and O–H groups in total. The Kier molecular flexibility index (Phi) is 7.74. The van der Waals surface area contributed by atoms with Gasteiger partial charge in [-0.2, -0.15) is 0 Å². The number of hydrogen-bond acceptors (Lipinski definition) is 3. The van der Waals surface area contributed by atoms with Crippen LogP contribution in [0, 0.1) is 13.8 Å². The number of carbonyl (C=O) groups excluding carboxylic acids is 1. The van der Waals surface area contributed by atoms with E-state index in [1.165, 1.54) is 9.87 Å². The minimum absolute atomic E-state index is 0.0562. The predicted octanol–water partition coefficient (Wildman–Crippen LogP) is 6.56. The van der Waals surface area contributed by atoms with Gasteiger partial charge in [-0.3, -0.25) is 9.10 Å². The Morgan fingerprint density at radius 1 is 1.03 bits per heavy atom. The molecule has 0 saturated carbocycles. The number of rotatable bonds is 6. The van der Waals surface area contributed by atoms with Crippen molar-refractivity contribution < 1.29 is 13.2 Å². The quantitative estimate of drug-likeness (QED) is 0.314. The van der Waals surface area contributed by atoms with E-state index in [0.717, 1.165) is 32.1 Å². The number of amides is 1. The van der Waals surface area contributed by atoms with Gasteiger partial charge < -0.3 is 4.90 Å². The summed E-state index contributed by atoms with van der Waals surface area (Å²) in [6, 6.07) is 18.3. The SMILES string of the molecule is Cc1cc(C)cc(N(CCC(=O)N2CCc3cccc(Br)c3C2C)S(=O)(=O)c2ccc(Br)cc2)c1. The molecule has 35 heavy (non-hydrogen) atoms. The van der Waals surface area contributed by atoms with Crippen LogP contribution in [0.2, 0.25) is 0 Å². The maximum absolute atomic E-state index is 13.7. The van der Waals surface area contributed by atoms with E-state index in [9.17, 15) is 13.2 Å². The van der Waals surface area contributed by atoms with Crippen molar-refractivity contribution >= 4 is 53.5 Å². The number of halogens is 2. The number of hydrogen-bond donors (Lipinski definition) is 0. The molecule has 1 aliphatic rings. The summed E-state index contributed by atoms with van der Waals surface area (Å²) in [5.41, 5.74) is 4.87. The second-order valence-corrected chi connectivity index (χ2v) is 12.6. The maximum Gasteiger partial charge on any atom is 0.264 e. The Labute approximate surface area is 224 Å². The molecule has 5 nitrogen and oxygen atoms in total. The molecule has 1 atom stereocenters. The third-order valence-corrected chi connectivity index (χ3v) is 9.46. The van der Waals surface area contributed by atoms with Gasteiger partial charge in [0.25, 0.3) is 10.0 Å². The standard InChI is InChI=1S/C27H28Br2N2O3S/c1-18-15-19(2)17-23(16-18)31(35(33,34)24-9-7-22(28)8-10-24)14-12-26(32)30-13-11-21-5-4-6-25(29)27(21)20(30)3/h4-10,15-17,20H,11-14H2,1-3H3. The minimum atomic E-state index is -3.87. The Morgan fingerprint density at radius 3 is 2.34 bits per heavy atom. The summed E-state index contributed by atoms with van der Waals surface area (Å²) in [6.07, 6.45) is 0.871. The molecule has 184 valence electrons. The second kappa shape index (κ2) is 10.4. The fraction of sp³-hybridized carbons (Fsp3) is 0.296. The van der Waals surface area contributed by atoms with Gasteiger partial charge in [0.05, 0.1) is 16.6 Å². The number of anilines is 1. The molecule has 3 aromatic carbocycles. The van der Waals surface area contributed by atoms with Crippen molar-refractivity contribution in [2.24, 2.45) is 0 Å². The molecule has 0 radical (unpaired) electrons. The van der Waals surface area contributed by atoms with E-state index in [-0.39, 0.29) is 29.8 Å². The van der Waals surface area contributed by atoms with Gasteiger partial charge in [0, 0.05) is 28.5 Å². The van der Waals surface area contributed by atoms with Gasteiger partial charge in [-0.25, -0.2) is 8.42 Å². The van der Waals surface area contributed by atoms with Gasteiger partial charge in [-0.1, -0.05) is 50.1 Å². The minimum Gasteiger partial charge on any atom is -0.335 e. The van der Waals surface area contributed by atoms with E-state index in [0.29, 0.717) is 12.2 Å². The van der Waals surface area contributed by atoms with Crippen LogP contribution in [-0.2, 0) is 21.2 Å². The van der Waals surface area contributed by atoms with Crippen molar-refractivity contribution in [1.82, 2.24) is 4.90 Å². The summed E-state index contributed by atoms with van der Waals surface area (Å²) < 4.78 is 30.6. The van der Waals surface area contributed by atoms with Crippen LogP contribution in [0.5, 0.6) is 0 Å². The Morgan fingerprint density at radius 2 is 1.69 bits per heavy atom. The van der Waals surface area contributed by atoms with Gasteiger partial charge in [0.15, 0.2) is 0 Å². The Hall–Kier alpha value is -2.16. The van der Waals surface area contributed by atoms with Crippen LogP contribution < -0.4 is 4.31 Å². The number of aryl methyl sites for hydroxylation is 2. The van der Waals surface area contributed by atoms with Crippen LogP contribution in [-0.4, -0.2) is 32.3 Å². The first-order valence-corrected chi connectivity index (χ1v) is 14.5. The van der Waals surface area contributed by atoms with E-state index in [1.807, 2.05) is 56.0 Å². The number of fused-ring (bicyclic) bond motifs is 1. The normalized spacial score (nSPS) is 15.6. The summed E-state index contributed by atoms with van der Waals surface area (Å²) in [5.74, 6) is -0.0562. The molecule has 1 unspecified atom stereocenters. The lowest BCUT2D eigenvalue weighted by molar-refractivity contribution is -0.133.